The molecule has 0 radical (unpaired) electrons. The molecule has 1 rings (SSSR count). The van der Waals surface area contributed by atoms with E-state index in [2.05, 4.69) is 5.32 Å². The molecule has 1 N–H and O–H groups in total. The number of esters is 1. The summed E-state index contributed by atoms with van der Waals surface area (Å²) in [5.74, 6) is -0.271. The van der Waals surface area contributed by atoms with Gasteiger partial charge in [-0.25, -0.2) is 0 Å². The minimum Gasteiger partial charge on any atom is -0.468 e. The molecule has 2 unspecified atom stereocenters. The van der Waals surface area contributed by atoms with Gasteiger partial charge in [-0.3, -0.25) is 14.5 Å². The summed E-state index contributed by atoms with van der Waals surface area (Å²) in [7, 11) is 1.38. The largest absolute Gasteiger partial charge is 0.468 e. The first-order chi connectivity index (χ1) is 7.61. The number of hydrogen-bond acceptors (Lipinski definition) is 4. The topological polar surface area (TPSA) is 58.6 Å². The molecule has 5 nitrogen and oxygen atoms in total. The Labute approximate surface area is 96.1 Å². The summed E-state index contributed by atoms with van der Waals surface area (Å²) in [5.41, 5.74) is 0. The van der Waals surface area contributed by atoms with E-state index in [4.69, 9.17) is 4.74 Å². The third-order valence-corrected chi connectivity index (χ3v) is 3.00. The van der Waals surface area contributed by atoms with Gasteiger partial charge in [0, 0.05) is 6.54 Å². The molecule has 92 valence electrons. The number of nitrogens with one attached hydrogen (secondary N) is 1. The first kappa shape index (κ1) is 13.0. The molecule has 0 bridgehead atoms. The summed E-state index contributed by atoms with van der Waals surface area (Å²) < 4.78 is 4.74. The Morgan fingerprint density at radius 1 is 1.56 bits per heavy atom. The highest BCUT2D eigenvalue weighted by Gasteiger charge is 2.36. The maximum absolute atomic E-state index is 11.7. The van der Waals surface area contributed by atoms with Gasteiger partial charge in [0.15, 0.2) is 0 Å². The molecule has 0 spiro atoms. The number of hydrogen-bond donors (Lipinski definition) is 1. The summed E-state index contributed by atoms with van der Waals surface area (Å²) in [4.78, 5) is 25.1. The van der Waals surface area contributed by atoms with Crippen molar-refractivity contribution in [2.45, 2.75) is 38.8 Å². The van der Waals surface area contributed by atoms with Crippen LogP contribution in [0.5, 0.6) is 0 Å². The molecule has 1 aliphatic rings. The molecule has 0 aromatic heterocycles. The summed E-state index contributed by atoms with van der Waals surface area (Å²) in [6.07, 6.45) is 1.71. The second-order valence-electron chi connectivity index (χ2n) is 3.99. The van der Waals surface area contributed by atoms with E-state index in [1.54, 1.807) is 0 Å². The molecule has 1 heterocycles. The van der Waals surface area contributed by atoms with Crippen LogP contribution in [0.25, 0.3) is 0 Å². The molecule has 0 aromatic rings. The fraction of sp³-hybridized carbons (Fsp3) is 0.818. The van der Waals surface area contributed by atoms with Gasteiger partial charge < -0.3 is 10.1 Å². The zero-order chi connectivity index (χ0) is 12.1. The lowest BCUT2D eigenvalue weighted by Crippen LogP contribution is -2.49. The second kappa shape index (κ2) is 5.84. The summed E-state index contributed by atoms with van der Waals surface area (Å²) in [6, 6.07) is -0.533. The van der Waals surface area contributed by atoms with Gasteiger partial charge in [-0.15, -0.1) is 0 Å². The fourth-order valence-corrected chi connectivity index (χ4v) is 2.11. The maximum Gasteiger partial charge on any atom is 0.323 e. The van der Waals surface area contributed by atoms with Gasteiger partial charge in [0.05, 0.1) is 13.2 Å². The van der Waals surface area contributed by atoms with Gasteiger partial charge in [-0.2, -0.15) is 0 Å². The predicted molar refractivity (Wildman–Crippen MR) is 59.9 cm³/mol. The number of carbonyl (C=O) groups excluding carboxylic acids is 2. The van der Waals surface area contributed by atoms with Crippen molar-refractivity contribution in [3.05, 3.63) is 0 Å². The number of likely N-dealkylation sites (tertiary alicyclic amines) is 1. The van der Waals surface area contributed by atoms with Crippen molar-refractivity contribution in [2.24, 2.45) is 0 Å². The number of methoxy groups -OCH3 is 1. The van der Waals surface area contributed by atoms with Crippen LogP contribution in [0.3, 0.4) is 0 Å². The minimum absolute atomic E-state index is 0.0293. The number of carbonyl (C=O) groups is 2. The normalized spacial score (nSPS) is 22.8. The number of ether oxygens (including phenoxy) is 1. The molecule has 2 atom stereocenters. The molecule has 5 heteroatoms. The van der Waals surface area contributed by atoms with Crippen LogP contribution in [0.4, 0.5) is 0 Å². The number of nitrogens with zero attached hydrogens (tertiary/aromatic N) is 1. The molecule has 1 aliphatic heterocycles. The Morgan fingerprint density at radius 2 is 2.25 bits per heavy atom. The van der Waals surface area contributed by atoms with Crippen molar-refractivity contribution in [1.82, 2.24) is 10.2 Å². The average molecular weight is 228 g/mol. The standard InChI is InChI=1S/C11H20N2O3/c1-4-12-10(14)8(2)13-7-5-6-9(13)11(15)16-3/h8-9H,4-7H2,1-3H3,(H,12,14). The van der Waals surface area contributed by atoms with Crippen molar-refractivity contribution in [2.75, 3.05) is 20.2 Å². The molecule has 0 saturated carbocycles. The molecule has 1 amide bonds. The second-order valence-corrected chi connectivity index (χ2v) is 3.99. The van der Waals surface area contributed by atoms with Crippen molar-refractivity contribution >= 4 is 11.9 Å². The molecule has 16 heavy (non-hydrogen) atoms. The molecule has 1 fully saturated rings. The van der Waals surface area contributed by atoms with Gasteiger partial charge in [0.1, 0.15) is 6.04 Å². The molecular weight excluding hydrogens is 208 g/mol. The fourth-order valence-electron chi connectivity index (χ4n) is 2.11. The SMILES string of the molecule is CCNC(=O)C(C)N1CCCC1C(=O)OC. The van der Waals surface area contributed by atoms with Crippen LogP contribution in [0, 0.1) is 0 Å². The molecule has 1 saturated heterocycles. The smallest absolute Gasteiger partial charge is 0.323 e. The lowest BCUT2D eigenvalue weighted by molar-refractivity contribution is -0.147. The lowest BCUT2D eigenvalue weighted by Gasteiger charge is -2.27. The number of likely N-dealkylation sites (N-methyl/N-ethyl adjacent to an activating group) is 1. The van der Waals surface area contributed by atoms with Gasteiger partial charge >= 0.3 is 5.97 Å². The van der Waals surface area contributed by atoms with Crippen LogP contribution in [-0.2, 0) is 14.3 Å². The van der Waals surface area contributed by atoms with Gasteiger partial charge in [-0.1, -0.05) is 0 Å². The Balaban J connectivity index is 2.63. The summed E-state index contributed by atoms with van der Waals surface area (Å²) in [6.45, 7) is 5.09. The Morgan fingerprint density at radius 3 is 2.81 bits per heavy atom. The van der Waals surface area contributed by atoms with Crippen LogP contribution >= 0.6 is 0 Å². The Bertz CT molecular complexity index is 268. The highest BCUT2D eigenvalue weighted by molar-refractivity contribution is 5.83. The monoisotopic (exact) mass is 228 g/mol. The van der Waals surface area contributed by atoms with Gasteiger partial charge in [-0.05, 0) is 33.2 Å². The molecule has 0 aliphatic carbocycles. The van der Waals surface area contributed by atoms with Crippen molar-refractivity contribution in [1.29, 1.82) is 0 Å². The maximum atomic E-state index is 11.7. The zero-order valence-corrected chi connectivity index (χ0v) is 10.2. The summed E-state index contributed by atoms with van der Waals surface area (Å²) >= 11 is 0. The number of rotatable bonds is 4. The van der Waals surface area contributed by atoms with E-state index < -0.39 is 0 Å². The summed E-state index contributed by atoms with van der Waals surface area (Å²) in [5, 5.41) is 2.77. The highest BCUT2D eigenvalue weighted by Crippen LogP contribution is 2.21. The lowest BCUT2D eigenvalue weighted by atomic mass is 10.2. The Kier molecular flexibility index (Phi) is 4.73. The van der Waals surface area contributed by atoms with Crippen molar-refractivity contribution < 1.29 is 14.3 Å². The van der Waals surface area contributed by atoms with Crippen LogP contribution in [0.2, 0.25) is 0 Å². The van der Waals surface area contributed by atoms with Gasteiger partial charge in [0.25, 0.3) is 0 Å². The minimum atomic E-state index is -0.272. The van der Waals surface area contributed by atoms with E-state index in [9.17, 15) is 9.59 Å². The highest BCUT2D eigenvalue weighted by atomic mass is 16.5. The van der Waals surface area contributed by atoms with E-state index >= 15 is 0 Å². The van der Waals surface area contributed by atoms with Crippen LogP contribution < -0.4 is 5.32 Å². The first-order valence-electron chi connectivity index (χ1n) is 5.73. The van der Waals surface area contributed by atoms with E-state index in [0.717, 1.165) is 19.4 Å². The third kappa shape index (κ3) is 2.72. The van der Waals surface area contributed by atoms with Gasteiger partial charge in [0.2, 0.25) is 5.91 Å². The first-order valence-corrected chi connectivity index (χ1v) is 5.73. The van der Waals surface area contributed by atoms with Crippen LogP contribution in [0.15, 0.2) is 0 Å². The van der Waals surface area contributed by atoms with E-state index in [1.807, 2.05) is 18.7 Å². The predicted octanol–water partition coefficient (Wildman–Crippen LogP) is 0.148. The van der Waals surface area contributed by atoms with E-state index in [0.29, 0.717) is 6.54 Å². The van der Waals surface area contributed by atoms with E-state index in [1.165, 1.54) is 7.11 Å². The third-order valence-electron chi connectivity index (χ3n) is 3.00. The average Bonchev–Trinajstić information content (AvgIpc) is 2.76. The van der Waals surface area contributed by atoms with Crippen molar-refractivity contribution in [3.63, 3.8) is 0 Å². The number of amides is 1. The van der Waals surface area contributed by atoms with Crippen LogP contribution in [0.1, 0.15) is 26.7 Å². The zero-order valence-electron chi connectivity index (χ0n) is 10.2. The van der Waals surface area contributed by atoms with E-state index in [-0.39, 0.29) is 24.0 Å². The molecule has 0 aromatic carbocycles. The van der Waals surface area contributed by atoms with Crippen molar-refractivity contribution in [3.8, 4) is 0 Å². The Hall–Kier alpha value is -1.10. The quantitative estimate of drug-likeness (QED) is 0.696. The molecular formula is C11H20N2O3. The van der Waals surface area contributed by atoms with Crippen LogP contribution in [-0.4, -0.2) is 49.1 Å².